The molecular formula is C11H8ClNO2S2. The van der Waals surface area contributed by atoms with Gasteiger partial charge in [-0.3, -0.25) is 9.69 Å². The summed E-state index contributed by atoms with van der Waals surface area (Å²) in [4.78, 5) is 13.6. The lowest BCUT2D eigenvalue weighted by atomic mass is 10.2. The van der Waals surface area contributed by atoms with E-state index in [2.05, 4.69) is 0 Å². The van der Waals surface area contributed by atoms with Gasteiger partial charge < -0.3 is 5.11 Å². The lowest BCUT2D eigenvalue weighted by molar-refractivity contribution is -0.121. The molecule has 0 spiro atoms. The number of likely N-dealkylation sites (N-methyl/N-ethyl adjacent to an activating group) is 1. The Morgan fingerprint density at radius 3 is 2.82 bits per heavy atom. The fraction of sp³-hybridized carbons (Fsp3) is 0.0909. The fourth-order valence-electron chi connectivity index (χ4n) is 1.33. The van der Waals surface area contributed by atoms with Crippen LogP contribution in [0.1, 0.15) is 5.56 Å². The molecule has 1 fully saturated rings. The van der Waals surface area contributed by atoms with E-state index in [4.69, 9.17) is 23.8 Å². The number of benzene rings is 1. The van der Waals surface area contributed by atoms with E-state index in [9.17, 15) is 9.90 Å². The fourth-order valence-corrected chi connectivity index (χ4v) is 2.68. The van der Waals surface area contributed by atoms with E-state index in [-0.39, 0.29) is 11.7 Å². The van der Waals surface area contributed by atoms with Gasteiger partial charge in [-0.05, 0) is 24.3 Å². The summed E-state index contributed by atoms with van der Waals surface area (Å²) in [6.07, 6.45) is 1.59. The van der Waals surface area contributed by atoms with Crippen LogP contribution in [0.2, 0.25) is 5.02 Å². The molecule has 0 atom stereocenters. The first kappa shape index (κ1) is 12.4. The molecule has 0 unspecified atom stereocenters. The van der Waals surface area contributed by atoms with Gasteiger partial charge in [0, 0.05) is 17.6 Å². The van der Waals surface area contributed by atoms with Crippen molar-refractivity contribution >= 4 is 51.9 Å². The van der Waals surface area contributed by atoms with Crippen molar-refractivity contribution < 1.29 is 9.90 Å². The van der Waals surface area contributed by atoms with Crippen LogP contribution in [-0.2, 0) is 4.79 Å². The largest absolute Gasteiger partial charge is 0.507 e. The Balaban J connectivity index is 2.40. The van der Waals surface area contributed by atoms with Crippen LogP contribution in [0.5, 0.6) is 5.75 Å². The third kappa shape index (κ3) is 2.46. The van der Waals surface area contributed by atoms with Gasteiger partial charge in [-0.1, -0.05) is 35.6 Å². The number of phenolic OH excluding ortho intramolecular Hbond substituents is 1. The number of hydrogen-bond donors (Lipinski definition) is 1. The summed E-state index contributed by atoms with van der Waals surface area (Å²) in [5.74, 6) is -0.0878. The molecule has 0 aromatic heterocycles. The molecule has 3 nitrogen and oxygen atoms in total. The first-order chi connectivity index (χ1) is 7.99. The van der Waals surface area contributed by atoms with E-state index in [0.717, 1.165) is 0 Å². The number of carbonyl (C=O) groups excluding carboxylic acids is 1. The number of thioether (sulfide) groups is 1. The van der Waals surface area contributed by atoms with Crippen LogP contribution < -0.4 is 0 Å². The number of nitrogens with zero attached hydrogens (tertiary/aromatic N) is 1. The third-order valence-electron chi connectivity index (χ3n) is 2.26. The lowest BCUT2D eigenvalue weighted by Crippen LogP contribution is -2.22. The number of hydrogen-bond acceptors (Lipinski definition) is 4. The molecule has 1 aromatic rings. The normalized spacial score (nSPS) is 18.2. The number of halogens is 1. The molecule has 2 rings (SSSR count). The van der Waals surface area contributed by atoms with Crippen molar-refractivity contribution in [3.8, 4) is 5.75 Å². The summed E-state index contributed by atoms with van der Waals surface area (Å²) in [7, 11) is 1.62. The van der Waals surface area contributed by atoms with Crippen molar-refractivity contribution in [2.75, 3.05) is 7.05 Å². The SMILES string of the molecule is CN1C(=O)/C(=C/c2cc(Cl)ccc2O)SC1=S. The first-order valence-electron chi connectivity index (χ1n) is 4.69. The van der Waals surface area contributed by atoms with Crippen molar-refractivity contribution in [2.45, 2.75) is 0 Å². The van der Waals surface area contributed by atoms with Crippen LogP contribution in [0.15, 0.2) is 23.1 Å². The van der Waals surface area contributed by atoms with Crippen LogP contribution in [-0.4, -0.2) is 27.3 Å². The number of carbonyl (C=O) groups is 1. The van der Waals surface area contributed by atoms with Gasteiger partial charge >= 0.3 is 0 Å². The topological polar surface area (TPSA) is 40.5 Å². The first-order valence-corrected chi connectivity index (χ1v) is 6.29. The minimum atomic E-state index is -0.167. The maximum atomic E-state index is 11.8. The van der Waals surface area contributed by atoms with Crippen molar-refractivity contribution in [3.63, 3.8) is 0 Å². The monoisotopic (exact) mass is 285 g/mol. The number of phenols is 1. The summed E-state index contributed by atoms with van der Waals surface area (Å²) >= 11 is 12.0. The van der Waals surface area contributed by atoms with Gasteiger partial charge in [0.05, 0.1) is 4.91 Å². The van der Waals surface area contributed by atoms with E-state index in [0.29, 0.717) is 19.8 Å². The summed E-state index contributed by atoms with van der Waals surface area (Å²) in [5, 5.41) is 10.1. The molecule has 88 valence electrons. The van der Waals surface area contributed by atoms with Gasteiger partial charge in [-0.15, -0.1) is 0 Å². The number of rotatable bonds is 1. The molecule has 1 aromatic carbocycles. The zero-order valence-corrected chi connectivity index (χ0v) is 11.2. The Hall–Kier alpha value is -1.04. The number of amides is 1. The molecule has 0 bridgehead atoms. The standard InChI is InChI=1S/C11H8ClNO2S2/c1-13-10(15)9(17-11(13)16)5-6-4-7(12)2-3-8(6)14/h2-5,14H,1H3/b9-5-. The smallest absolute Gasteiger partial charge is 0.265 e. The molecule has 0 saturated carbocycles. The molecule has 1 aliphatic rings. The molecule has 17 heavy (non-hydrogen) atoms. The molecule has 1 saturated heterocycles. The summed E-state index contributed by atoms with van der Waals surface area (Å²) in [6, 6.07) is 4.67. The molecule has 1 N–H and O–H groups in total. The van der Waals surface area contributed by atoms with Gasteiger partial charge in [-0.25, -0.2) is 0 Å². The molecule has 0 aliphatic carbocycles. The Kier molecular flexibility index (Phi) is 3.42. The second-order valence-electron chi connectivity index (χ2n) is 3.44. The van der Waals surface area contributed by atoms with E-state index in [1.807, 2.05) is 0 Å². The van der Waals surface area contributed by atoms with E-state index in [1.54, 1.807) is 25.3 Å². The molecule has 0 radical (unpaired) electrons. The van der Waals surface area contributed by atoms with Gasteiger partial charge in [0.1, 0.15) is 10.1 Å². The van der Waals surface area contributed by atoms with Crippen molar-refractivity contribution in [3.05, 3.63) is 33.7 Å². The maximum Gasteiger partial charge on any atom is 0.265 e. The van der Waals surface area contributed by atoms with E-state index in [1.165, 1.54) is 22.7 Å². The highest BCUT2D eigenvalue weighted by molar-refractivity contribution is 8.26. The minimum absolute atomic E-state index is 0.0794. The molecule has 6 heteroatoms. The lowest BCUT2D eigenvalue weighted by Gasteiger charge is -2.04. The van der Waals surface area contributed by atoms with Crippen molar-refractivity contribution in [1.29, 1.82) is 0 Å². The van der Waals surface area contributed by atoms with Crippen LogP contribution in [0.3, 0.4) is 0 Å². The zero-order valence-electron chi connectivity index (χ0n) is 8.81. The Labute approximate surface area is 113 Å². The third-order valence-corrected chi connectivity index (χ3v) is 3.98. The Morgan fingerprint density at radius 2 is 2.24 bits per heavy atom. The van der Waals surface area contributed by atoms with Crippen LogP contribution in [0.25, 0.3) is 6.08 Å². The summed E-state index contributed by atoms with van der Waals surface area (Å²) in [5.41, 5.74) is 0.506. The highest BCUT2D eigenvalue weighted by atomic mass is 35.5. The molecule has 1 heterocycles. The summed E-state index contributed by atoms with van der Waals surface area (Å²) < 4.78 is 0.503. The predicted molar refractivity (Wildman–Crippen MR) is 74.1 cm³/mol. The number of aromatic hydroxyl groups is 1. The maximum absolute atomic E-state index is 11.8. The molecular weight excluding hydrogens is 278 g/mol. The second kappa shape index (κ2) is 4.68. The number of thiocarbonyl (C=S) groups is 1. The molecule has 1 amide bonds. The molecule has 1 aliphatic heterocycles. The quantitative estimate of drug-likeness (QED) is 0.636. The highest BCUT2D eigenvalue weighted by Crippen LogP contribution is 2.33. The van der Waals surface area contributed by atoms with Gasteiger partial charge in [0.2, 0.25) is 0 Å². The highest BCUT2D eigenvalue weighted by Gasteiger charge is 2.28. The van der Waals surface area contributed by atoms with Gasteiger partial charge in [-0.2, -0.15) is 0 Å². The Morgan fingerprint density at radius 1 is 1.53 bits per heavy atom. The zero-order chi connectivity index (χ0) is 12.6. The van der Waals surface area contributed by atoms with Gasteiger partial charge in [0.25, 0.3) is 5.91 Å². The van der Waals surface area contributed by atoms with Crippen molar-refractivity contribution in [1.82, 2.24) is 4.90 Å². The van der Waals surface area contributed by atoms with Crippen LogP contribution >= 0.6 is 35.6 Å². The predicted octanol–water partition coefficient (Wildman–Crippen LogP) is 2.88. The van der Waals surface area contributed by atoms with Crippen molar-refractivity contribution in [2.24, 2.45) is 0 Å². The van der Waals surface area contributed by atoms with E-state index >= 15 is 0 Å². The average molecular weight is 286 g/mol. The summed E-state index contributed by atoms with van der Waals surface area (Å²) in [6.45, 7) is 0. The van der Waals surface area contributed by atoms with Crippen LogP contribution in [0, 0.1) is 0 Å². The second-order valence-corrected chi connectivity index (χ2v) is 5.56. The van der Waals surface area contributed by atoms with Crippen LogP contribution in [0.4, 0.5) is 0 Å². The Bertz CT molecular complexity index is 542. The van der Waals surface area contributed by atoms with E-state index < -0.39 is 0 Å². The van der Waals surface area contributed by atoms with Gasteiger partial charge in [0.15, 0.2) is 0 Å². The minimum Gasteiger partial charge on any atom is -0.507 e. The average Bonchev–Trinajstić information content (AvgIpc) is 2.52.